The summed E-state index contributed by atoms with van der Waals surface area (Å²) in [4.78, 5) is 11.5. The maximum atomic E-state index is 13.0. The fourth-order valence-corrected chi connectivity index (χ4v) is 2.73. The zero-order valence-corrected chi connectivity index (χ0v) is 14.4. The maximum absolute atomic E-state index is 13.0. The minimum Gasteiger partial charge on any atom is -0.366 e. The Balaban J connectivity index is 1.80. The molecule has 0 fully saturated rings. The third-order valence-electron chi connectivity index (χ3n) is 3.99. The Morgan fingerprint density at radius 2 is 1.77 bits per heavy atom. The molecule has 6 heteroatoms. The van der Waals surface area contributed by atoms with E-state index in [1.54, 1.807) is 6.42 Å². The predicted molar refractivity (Wildman–Crippen MR) is 95.4 cm³/mol. The Labute approximate surface area is 151 Å². The molecule has 139 valence electrons. The van der Waals surface area contributed by atoms with Crippen molar-refractivity contribution in [1.82, 2.24) is 5.32 Å². The lowest BCUT2D eigenvalue weighted by atomic mass is 9.96. The van der Waals surface area contributed by atoms with Gasteiger partial charge in [-0.25, -0.2) is 0 Å². The van der Waals surface area contributed by atoms with Gasteiger partial charge in [0.2, 0.25) is 5.91 Å². The van der Waals surface area contributed by atoms with Crippen molar-refractivity contribution < 1.29 is 18.0 Å². The van der Waals surface area contributed by atoms with E-state index in [4.69, 9.17) is 5.73 Å². The van der Waals surface area contributed by atoms with Gasteiger partial charge in [-0.05, 0) is 43.0 Å². The zero-order valence-electron chi connectivity index (χ0n) is 14.4. The molecular formula is C20H22F3N2O. The molecule has 0 saturated heterocycles. The van der Waals surface area contributed by atoms with Crippen LogP contribution in [0, 0.1) is 6.42 Å². The lowest BCUT2D eigenvalue weighted by Crippen LogP contribution is -2.20. The fourth-order valence-electron chi connectivity index (χ4n) is 2.73. The molecule has 2 aromatic carbocycles. The van der Waals surface area contributed by atoms with Gasteiger partial charge in [0.1, 0.15) is 0 Å². The van der Waals surface area contributed by atoms with E-state index in [9.17, 15) is 18.0 Å². The Bertz CT molecular complexity index is 715. The first-order valence-electron chi connectivity index (χ1n) is 8.47. The number of unbranched alkanes of at least 4 members (excludes halogenated alkanes) is 2. The second-order valence-electron chi connectivity index (χ2n) is 5.99. The summed E-state index contributed by atoms with van der Waals surface area (Å²) >= 11 is 0. The van der Waals surface area contributed by atoms with E-state index in [1.165, 1.54) is 17.7 Å². The molecule has 3 N–H and O–H groups in total. The maximum Gasteiger partial charge on any atom is 0.417 e. The number of rotatable bonds is 9. The van der Waals surface area contributed by atoms with Gasteiger partial charge in [0, 0.05) is 6.54 Å². The SMILES string of the molecule is NC(=O)c1c([CH]CCCCNCc2ccccc2)cccc1C(F)(F)F. The molecule has 26 heavy (non-hydrogen) atoms. The highest BCUT2D eigenvalue weighted by molar-refractivity contribution is 5.96. The average molecular weight is 363 g/mol. The Morgan fingerprint density at radius 3 is 2.42 bits per heavy atom. The third-order valence-corrected chi connectivity index (χ3v) is 3.99. The Kier molecular flexibility index (Phi) is 7.21. The number of carbonyl (C=O) groups is 1. The first-order chi connectivity index (χ1) is 12.4. The number of nitrogens with two attached hydrogens (primary N) is 1. The van der Waals surface area contributed by atoms with E-state index in [1.807, 2.05) is 30.3 Å². The van der Waals surface area contributed by atoms with E-state index in [2.05, 4.69) is 5.32 Å². The van der Waals surface area contributed by atoms with E-state index in [0.717, 1.165) is 32.0 Å². The number of nitrogens with one attached hydrogen (secondary N) is 1. The van der Waals surface area contributed by atoms with E-state index < -0.39 is 23.2 Å². The number of alkyl halides is 3. The first-order valence-corrected chi connectivity index (χ1v) is 8.47. The summed E-state index contributed by atoms with van der Waals surface area (Å²) in [6.45, 7) is 1.60. The first kappa shape index (κ1) is 20.0. The zero-order chi connectivity index (χ0) is 19.0. The molecule has 1 amide bonds. The minimum absolute atomic E-state index is 0.240. The summed E-state index contributed by atoms with van der Waals surface area (Å²) in [5.74, 6) is -1.06. The molecule has 0 bridgehead atoms. The van der Waals surface area contributed by atoms with E-state index in [-0.39, 0.29) is 5.56 Å². The second-order valence-corrected chi connectivity index (χ2v) is 5.99. The van der Waals surface area contributed by atoms with Gasteiger partial charge in [0.15, 0.2) is 0 Å². The molecule has 0 aromatic heterocycles. The van der Waals surface area contributed by atoms with Crippen molar-refractivity contribution in [2.24, 2.45) is 5.73 Å². The van der Waals surface area contributed by atoms with Crippen LogP contribution < -0.4 is 11.1 Å². The van der Waals surface area contributed by atoms with Crippen LogP contribution in [0.1, 0.15) is 46.3 Å². The van der Waals surface area contributed by atoms with Crippen LogP contribution in [0.25, 0.3) is 0 Å². The van der Waals surface area contributed by atoms with Gasteiger partial charge < -0.3 is 11.1 Å². The van der Waals surface area contributed by atoms with Crippen LogP contribution in [0.15, 0.2) is 48.5 Å². The molecule has 0 aliphatic heterocycles. The largest absolute Gasteiger partial charge is 0.417 e. The van der Waals surface area contributed by atoms with Gasteiger partial charge in [-0.2, -0.15) is 13.2 Å². The molecule has 3 nitrogen and oxygen atoms in total. The van der Waals surface area contributed by atoms with Crippen molar-refractivity contribution >= 4 is 5.91 Å². The van der Waals surface area contributed by atoms with Crippen molar-refractivity contribution in [3.63, 3.8) is 0 Å². The number of carbonyl (C=O) groups excluding carboxylic acids is 1. The van der Waals surface area contributed by atoms with Gasteiger partial charge in [-0.15, -0.1) is 0 Å². The van der Waals surface area contributed by atoms with Crippen molar-refractivity contribution in [3.8, 4) is 0 Å². The standard InChI is InChI=1S/C20H22F3N2O/c21-20(22,23)17-12-7-11-16(18(17)19(24)26)10-5-2-6-13-25-14-15-8-3-1-4-9-15/h1,3-4,7-12,25H,2,5-6,13-14H2,(H2,24,26). The third kappa shape index (κ3) is 5.88. The molecule has 0 spiro atoms. The van der Waals surface area contributed by atoms with Crippen LogP contribution in [-0.4, -0.2) is 12.5 Å². The quantitative estimate of drug-likeness (QED) is 0.652. The number of halogens is 3. The molecule has 0 aliphatic rings. The summed E-state index contributed by atoms with van der Waals surface area (Å²) in [5, 5.41) is 3.32. The number of hydrogen-bond donors (Lipinski definition) is 2. The summed E-state index contributed by atoms with van der Waals surface area (Å²) in [7, 11) is 0. The predicted octanol–water partition coefficient (Wildman–Crippen LogP) is 4.32. The van der Waals surface area contributed by atoms with Crippen LogP contribution >= 0.6 is 0 Å². The molecule has 0 atom stereocenters. The molecule has 1 radical (unpaired) electrons. The highest BCUT2D eigenvalue weighted by Crippen LogP contribution is 2.33. The summed E-state index contributed by atoms with van der Waals surface area (Å²) < 4.78 is 39.1. The normalized spacial score (nSPS) is 11.5. The van der Waals surface area contributed by atoms with Gasteiger partial charge in [-0.1, -0.05) is 48.9 Å². The van der Waals surface area contributed by atoms with Crippen LogP contribution in [0.5, 0.6) is 0 Å². The number of hydrogen-bond acceptors (Lipinski definition) is 2. The lowest BCUT2D eigenvalue weighted by Gasteiger charge is -2.14. The van der Waals surface area contributed by atoms with Gasteiger partial charge in [0.25, 0.3) is 0 Å². The highest BCUT2D eigenvalue weighted by Gasteiger charge is 2.35. The molecule has 0 heterocycles. The number of amides is 1. The molecule has 2 aromatic rings. The summed E-state index contributed by atoms with van der Waals surface area (Å²) in [5.41, 5.74) is 5.17. The summed E-state index contributed by atoms with van der Waals surface area (Å²) in [6.07, 6.45) is -0.693. The van der Waals surface area contributed by atoms with Crippen LogP contribution in [-0.2, 0) is 12.7 Å². The van der Waals surface area contributed by atoms with Crippen molar-refractivity contribution in [1.29, 1.82) is 0 Å². The van der Waals surface area contributed by atoms with Crippen molar-refractivity contribution in [2.45, 2.75) is 32.0 Å². The summed E-state index contributed by atoms with van der Waals surface area (Å²) in [6, 6.07) is 13.7. The minimum atomic E-state index is -4.60. The van der Waals surface area contributed by atoms with E-state index >= 15 is 0 Å². The molecule has 0 aliphatic carbocycles. The number of primary amides is 1. The Hall–Kier alpha value is -2.34. The average Bonchev–Trinajstić information content (AvgIpc) is 2.60. The lowest BCUT2D eigenvalue weighted by molar-refractivity contribution is -0.137. The second kappa shape index (κ2) is 9.38. The van der Waals surface area contributed by atoms with E-state index in [0.29, 0.717) is 6.42 Å². The fraction of sp³-hybridized carbons (Fsp3) is 0.300. The van der Waals surface area contributed by atoms with Gasteiger partial charge in [-0.3, -0.25) is 4.79 Å². The van der Waals surface area contributed by atoms with Gasteiger partial charge in [0.05, 0.1) is 11.1 Å². The molecule has 0 saturated carbocycles. The topological polar surface area (TPSA) is 55.1 Å². The molecule has 0 unspecified atom stereocenters. The molecular weight excluding hydrogens is 341 g/mol. The smallest absolute Gasteiger partial charge is 0.366 e. The number of benzene rings is 2. The Morgan fingerprint density at radius 1 is 1.04 bits per heavy atom. The van der Waals surface area contributed by atoms with Crippen LogP contribution in [0.4, 0.5) is 13.2 Å². The van der Waals surface area contributed by atoms with Crippen LogP contribution in [0.2, 0.25) is 0 Å². The van der Waals surface area contributed by atoms with Crippen molar-refractivity contribution in [3.05, 3.63) is 77.2 Å². The highest BCUT2D eigenvalue weighted by atomic mass is 19.4. The molecule has 2 rings (SSSR count). The van der Waals surface area contributed by atoms with Gasteiger partial charge >= 0.3 is 6.18 Å². The van der Waals surface area contributed by atoms with Crippen molar-refractivity contribution in [2.75, 3.05) is 6.54 Å². The van der Waals surface area contributed by atoms with Crippen LogP contribution in [0.3, 0.4) is 0 Å². The monoisotopic (exact) mass is 363 g/mol.